The molecule has 1 aromatic carbocycles. The number of carbonyl (C=O) groups is 1. The Kier molecular flexibility index (Phi) is 4.42. The first-order valence-corrected chi connectivity index (χ1v) is 6.77. The van der Waals surface area contributed by atoms with Crippen LogP contribution in [0.1, 0.15) is 35.3 Å². The second-order valence-electron chi connectivity index (χ2n) is 4.32. The minimum Gasteiger partial charge on any atom is -0.293 e. The SMILES string of the molecule is Cc1ccc(C)c(C(=O)CS(=O)C(C)C)c1. The number of aryl methyl sites for hydroxylation is 2. The molecule has 3 heteroatoms. The smallest absolute Gasteiger partial charge is 0.175 e. The highest BCUT2D eigenvalue weighted by Gasteiger charge is 2.14. The lowest BCUT2D eigenvalue weighted by Gasteiger charge is -2.08. The Morgan fingerprint density at radius 1 is 1.31 bits per heavy atom. The fourth-order valence-corrected chi connectivity index (χ4v) is 2.16. The summed E-state index contributed by atoms with van der Waals surface area (Å²) in [6, 6.07) is 5.78. The fraction of sp³-hybridized carbons (Fsp3) is 0.462. The molecule has 0 spiro atoms. The van der Waals surface area contributed by atoms with Gasteiger partial charge in [-0.05, 0) is 25.5 Å². The lowest BCUT2D eigenvalue weighted by Crippen LogP contribution is -2.18. The first kappa shape index (κ1) is 13.1. The Morgan fingerprint density at radius 3 is 2.50 bits per heavy atom. The number of ketones is 1. The van der Waals surface area contributed by atoms with Gasteiger partial charge in [0.25, 0.3) is 0 Å². The van der Waals surface area contributed by atoms with Crippen molar-refractivity contribution in [3.63, 3.8) is 0 Å². The number of Topliss-reactive ketones (excluding diaryl/α,β-unsaturated/α-hetero) is 1. The minimum absolute atomic E-state index is 0.0202. The number of benzene rings is 1. The fourth-order valence-electron chi connectivity index (χ4n) is 1.41. The molecule has 0 aromatic heterocycles. The molecule has 1 aromatic rings. The van der Waals surface area contributed by atoms with Crippen LogP contribution in [0, 0.1) is 13.8 Å². The average molecular weight is 238 g/mol. The molecule has 0 aliphatic rings. The highest BCUT2D eigenvalue weighted by molar-refractivity contribution is 7.86. The molecular weight excluding hydrogens is 220 g/mol. The molecule has 0 radical (unpaired) electrons. The van der Waals surface area contributed by atoms with Crippen LogP contribution in [0.15, 0.2) is 18.2 Å². The zero-order valence-corrected chi connectivity index (χ0v) is 11.1. The third-order valence-corrected chi connectivity index (χ3v) is 4.09. The molecule has 0 aliphatic heterocycles. The molecule has 0 aliphatic carbocycles. The molecule has 1 rings (SSSR count). The molecule has 0 N–H and O–H groups in total. The molecule has 0 saturated heterocycles. The molecule has 1 unspecified atom stereocenters. The Labute approximate surface area is 99.5 Å². The molecule has 1 atom stereocenters. The molecule has 0 heterocycles. The van der Waals surface area contributed by atoms with Gasteiger partial charge in [0.1, 0.15) is 0 Å². The molecule has 0 bridgehead atoms. The lowest BCUT2D eigenvalue weighted by molar-refractivity contribution is 0.102. The second-order valence-corrected chi connectivity index (χ2v) is 6.31. The molecular formula is C13H18O2S. The zero-order valence-electron chi connectivity index (χ0n) is 10.2. The normalized spacial score (nSPS) is 12.8. The van der Waals surface area contributed by atoms with Crippen LogP contribution in [-0.4, -0.2) is 21.0 Å². The summed E-state index contributed by atoms with van der Waals surface area (Å²) in [5.74, 6) is 0.107. The minimum atomic E-state index is -1.07. The van der Waals surface area contributed by atoms with Gasteiger partial charge in [-0.2, -0.15) is 0 Å². The van der Waals surface area contributed by atoms with Crippen molar-refractivity contribution in [3.05, 3.63) is 34.9 Å². The first-order valence-electron chi connectivity index (χ1n) is 5.39. The van der Waals surface area contributed by atoms with Gasteiger partial charge in [-0.3, -0.25) is 9.00 Å². The Morgan fingerprint density at radius 2 is 1.94 bits per heavy atom. The summed E-state index contributed by atoms with van der Waals surface area (Å²) in [4.78, 5) is 11.9. The van der Waals surface area contributed by atoms with E-state index in [0.29, 0.717) is 5.56 Å². The van der Waals surface area contributed by atoms with E-state index in [-0.39, 0.29) is 16.8 Å². The van der Waals surface area contributed by atoms with Gasteiger partial charge in [-0.1, -0.05) is 31.5 Å². The van der Waals surface area contributed by atoms with Crippen LogP contribution in [-0.2, 0) is 10.8 Å². The van der Waals surface area contributed by atoms with Crippen LogP contribution in [0.3, 0.4) is 0 Å². The van der Waals surface area contributed by atoms with Gasteiger partial charge in [0, 0.05) is 21.6 Å². The standard InChI is InChI=1S/C13H18O2S/c1-9(2)16(15)8-13(14)12-7-10(3)5-6-11(12)4/h5-7,9H,8H2,1-4H3. The molecule has 0 fully saturated rings. The van der Waals surface area contributed by atoms with E-state index >= 15 is 0 Å². The maximum Gasteiger partial charge on any atom is 0.175 e. The quantitative estimate of drug-likeness (QED) is 0.756. The van der Waals surface area contributed by atoms with Crippen molar-refractivity contribution in [3.8, 4) is 0 Å². The van der Waals surface area contributed by atoms with Crippen LogP contribution in [0.25, 0.3) is 0 Å². The van der Waals surface area contributed by atoms with E-state index in [2.05, 4.69) is 0 Å². The maximum absolute atomic E-state index is 11.9. The Balaban J connectivity index is 2.88. The van der Waals surface area contributed by atoms with Crippen LogP contribution < -0.4 is 0 Å². The number of hydrogen-bond donors (Lipinski definition) is 0. The second kappa shape index (κ2) is 5.39. The van der Waals surface area contributed by atoms with Gasteiger partial charge in [-0.15, -0.1) is 0 Å². The van der Waals surface area contributed by atoms with Gasteiger partial charge in [0.2, 0.25) is 0 Å². The van der Waals surface area contributed by atoms with E-state index in [9.17, 15) is 9.00 Å². The average Bonchev–Trinajstić information content (AvgIpc) is 2.21. The van der Waals surface area contributed by atoms with Crippen molar-refractivity contribution in [1.29, 1.82) is 0 Å². The van der Waals surface area contributed by atoms with E-state index in [1.54, 1.807) is 0 Å². The van der Waals surface area contributed by atoms with Crippen LogP contribution >= 0.6 is 0 Å². The highest BCUT2D eigenvalue weighted by Crippen LogP contribution is 2.12. The van der Waals surface area contributed by atoms with Gasteiger partial charge >= 0.3 is 0 Å². The molecule has 0 amide bonds. The van der Waals surface area contributed by atoms with Crippen molar-refractivity contribution in [2.24, 2.45) is 0 Å². The van der Waals surface area contributed by atoms with Crippen molar-refractivity contribution >= 4 is 16.6 Å². The van der Waals surface area contributed by atoms with Gasteiger partial charge < -0.3 is 0 Å². The largest absolute Gasteiger partial charge is 0.293 e. The monoisotopic (exact) mass is 238 g/mol. The summed E-state index contributed by atoms with van der Waals surface area (Å²) < 4.78 is 11.6. The van der Waals surface area contributed by atoms with E-state index in [4.69, 9.17) is 0 Å². The summed E-state index contributed by atoms with van der Waals surface area (Å²) in [5.41, 5.74) is 2.72. The number of rotatable bonds is 4. The summed E-state index contributed by atoms with van der Waals surface area (Å²) in [5, 5.41) is 0.0362. The highest BCUT2D eigenvalue weighted by atomic mass is 32.2. The van der Waals surface area contributed by atoms with Crippen LogP contribution in [0.4, 0.5) is 0 Å². The van der Waals surface area contributed by atoms with E-state index in [1.165, 1.54) is 0 Å². The molecule has 2 nitrogen and oxygen atoms in total. The molecule has 88 valence electrons. The van der Waals surface area contributed by atoms with Crippen LogP contribution in [0.5, 0.6) is 0 Å². The third-order valence-electron chi connectivity index (χ3n) is 2.49. The van der Waals surface area contributed by atoms with Crippen molar-refractivity contribution in [1.82, 2.24) is 0 Å². The zero-order chi connectivity index (χ0) is 12.3. The third kappa shape index (κ3) is 3.27. The predicted molar refractivity (Wildman–Crippen MR) is 68.4 cm³/mol. The van der Waals surface area contributed by atoms with Crippen LogP contribution in [0.2, 0.25) is 0 Å². The van der Waals surface area contributed by atoms with Crippen molar-refractivity contribution in [2.75, 3.05) is 5.75 Å². The predicted octanol–water partition coefficient (Wildman–Crippen LogP) is 2.64. The summed E-state index contributed by atoms with van der Waals surface area (Å²) in [6.45, 7) is 7.60. The summed E-state index contributed by atoms with van der Waals surface area (Å²) in [6.07, 6.45) is 0. The number of carbonyl (C=O) groups excluding carboxylic acids is 1. The molecule has 16 heavy (non-hydrogen) atoms. The van der Waals surface area contributed by atoms with Gasteiger partial charge in [0.15, 0.2) is 5.78 Å². The number of hydrogen-bond acceptors (Lipinski definition) is 2. The van der Waals surface area contributed by atoms with Crippen molar-refractivity contribution < 1.29 is 9.00 Å². The molecule has 0 saturated carbocycles. The Hall–Kier alpha value is -0.960. The van der Waals surface area contributed by atoms with Crippen molar-refractivity contribution in [2.45, 2.75) is 32.9 Å². The van der Waals surface area contributed by atoms with Gasteiger partial charge in [-0.25, -0.2) is 0 Å². The summed E-state index contributed by atoms with van der Waals surface area (Å²) >= 11 is 0. The topological polar surface area (TPSA) is 34.1 Å². The summed E-state index contributed by atoms with van der Waals surface area (Å²) in [7, 11) is -1.07. The van der Waals surface area contributed by atoms with E-state index in [0.717, 1.165) is 11.1 Å². The van der Waals surface area contributed by atoms with E-state index < -0.39 is 10.8 Å². The Bertz CT molecular complexity index is 422. The first-order chi connectivity index (χ1) is 7.41. The van der Waals surface area contributed by atoms with E-state index in [1.807, 2.05) is 45.9 Å². The van der Waals surface area contributed by atoms with Gasteiger partial charge in [0.05, 0.1) is 5.75 Å². The lowest BCUT2D eigenvalue weighted by atomic mass is 10.0. The maximum atomic E-state index is 11.9.